The number of ether oxygens (including phenoxy) is 2. The molecule has 168 valence electrons. The van der Waals surface area contributed by atoms with E-state index in [0.29, 0.717) is 5.56 Å². The summed E-state index contributed by atoms with van der Waals surface area (Å²) in [5.74, 6) is -4.36. The Morgan fingerprint density at radius 3 is 2.27 bits per heavy atom. The number of allylic oxidation sites excluding steroid dienone is 1. The van der Waals surface area contributed by atoms with Gasteiger partial charge in [0.25, 0.3) is 0 Å². The molecule has 0 saturated heterocycles. The summed E-state index contributed by atoms with van der Waals surface area (Å²) in [6.45, 7) is 0. The number of carboxylic acid groups (broad SMARTS) is 1. The van der Waals surface area contributed by atoms with Crippen molar-refractivity contribution < 1.29 is 29.0 Å². The van der Waals surface area contributed by atoms with E-state index in [1.54, 1.807) is 30.3 Å². The summed E-state index contributed by atoms with van der Waals surface area (Å²) in [6.07, 6.45) is 0. The van der Waals surface area contributed by atoms with Gasteiger partial charge < -0.3 is 20.3 Å². The summed E-state index contributed by atoms with van der Waals surface area (Å²) in [6, 6.07) is 14.4. The fourth-order valence-corrected chi connectivity index (χ4v) is 3.80. The number of hydrogen-bond donors (Lipinski definition) is 2. The fourth-order valence-electron chi connectivity index (χ4n) is 3.60. The number of carbonyl (C=O) groups excluding carboxylic acids is 2. The van der Waals surface area contributed by atoms with E-state index >= 15 is 0 Å². The lowest BCUT2D eigenvalue weighted by atomic mass is 9.81. The number of anilines is 1. The Labute approximate surface area is 193 Å². The predicted molar refractivity (Wildman–Crippen MR) is 118 cm³/mol. The molecule has 33 heavy (non-hydrogen) atoms. The first-order valence-corrected chi connectivity index (χ1v) is 9.83. The van der Waals surface area contributed by atoms with Crippen molar-refractivity contribution >= 4 is 35.2 Å². The minimum atomic E-state index is -1.32. The standard InChI is InChI=1S/C23H18ClN3O6/c1-32-22(30)18-17(12-6-4-3-5-7-12)15(11-25)20(26)27(19(18)23(31)33-2)13-8-9-16(24)14(10-13)21(28)29/h3-10,17H,26H2,1-2H3,(H,28,29). The van der Waals surface area contributed by atoms with Crippen molar-refractivity contribution in [1.82, 2.24) is 0 Å². The first-order chi connectivity index (χ1) is 15.8. The predicted octanol–water partition coefficient (Wildman–Crippen LogP) is 2.94. The van der Waals surface area contributed by atoms with E-state index in [1.165, 1.54) is 18.2 Å². The number of methoxy groups -OCH3 is 2. The summed E-state index contributed by atoms with van der Waals surface area (Å²) >= 11 is 5.98. The highest BCUT2D eigenvalue weighted by molar-refractivity contribution is 6.33. The normalized spacial score (nSPS) is 15.7. The SMILES string of the molecule is COC(=O)C1=C(C(=O)OC)N(c2ccc(Cl)c(C(=O)O)c2)C(N)=C(C#N)C1c1ccccc1. The fraction of sp³-hybridized carbons (Fsp3) is 0.130. The van der Waals surface area contributed by atoms with Gasteiger partial charge in [-0.15, -0.1) is 0 Å². The maximum Gasteiger partial charge on any atom is 0.355 e. The van der Waals surface area contributed by atoms with Crippen LogP contribution in [-0.2, 0) is 19.1 Å². The van der Waals surface area contributed by atoms with Crippen molar-refractivity contribution in [2.24, 2.45) is 5.73 Å². The maximum absolute atomic E-state index is 13.0. The third kappa shape index (κ3) is 4.12. The van der Waals surface area contributed by atoms with Crippen molar-refractivity contribution in [3.05, 3.63) is 87.3 Å². The molecular weight excluding hydrogens is 450 g/mol. The number of esters is 2. The Balaban J connectivity index is 2.43. The van der Waals surface area contributed by atoms with Crippen LogP contribution in [0.1, 0.15) is 21.8 Å². The smallest absolute Gasteiger partial charge is 0.355 e. The van der Waals surface area contributed by atoms with Crippen LogP contribution in [0.2, 0.25) is 5.02 Å². The lowest BCUT2D eigenvalue weighted by Gasteiger charge is -2.36. The average Bonchev–Trinajstić information content (AvgIpc) is 2.83. The summed E-state index contributed by atoms with van der Waals surface area (Å²) in [4.78, 5) is 38.6. The lowest BCUT2D eigenvalue weighted by molar-refractivity contribution is -0.139. The average molecular weight is 468 g/mol. The molecule has 0 radical (unpaired) electrons. The van der Waals surface area contributed by atoms with Crippen molar-refractivity contribution in [2.75, 3.05) is 19.1 Å². The summed E-state index contributed by atoms with van der Waals surface area (Å²) in [5.41, 5.74) is 6.14. The molecule has 1 aliphatic rings. The first-order valence-electron chi connectivity index (χ1n) is 9.45. The van der Waals surface area contributed by atoms with E-state index in [4.69, 9.17) is 26.8 Å². The Hall–Kier alpha value is -4.29. The highest BCUT2D eigenvalue weighted by Crippen LogP contribution is 2.43. The second kappa shape index (κ2) is 9.46. The van der Waals surface area contributed by atoms with Gasteiger partial charge in [0.15, 0.2) is 0 Å². The van der Waals surface area contributed by atoms with Gasteiger partial charge in [-0.3, -0.25) is 4.90 Å². The molecule has 0 saturated carbocycles. The molecule has 0 spiro atoms. The molecule has 2 aromatic rings. The van der Waals surface area contributed by atoms with Gasteiger partial charge in [0.05, 0.1) is 47.9 Å². The molecule has 2 aromatic carbocycles. The third-order valence-electron chi connectivity index (χ3n) is 5.05. The molecule has 0 bridgehead atoms. The zero-order chi connectivity index (χ0) is 24.3. The van der Waals surface area contributed by atoms with Gasteiger partial charge in [-0.2, -0.15) is 5.26 Å². The molecule has 0 aromatic heterocycles. The van der Waals surface area contributed by atoms with Gasteiger partial charge >= 0.3 is 17.9 Å². The zero-order valence-corrected chi connectivity index (χ0v) is 18.3. The number of halogens is 1. The van der Waals surface area contributed by atoms with E-state index in [0.717, 1.165) is 19.1 Å². The minimum absolute atomic E-state index is 0.0407. The van der Waals surface area contributed by atoms with Gasteiger partial charge in [0.1, 0.15) is 11.5 Å². The number of aromatic carboxylic acids is 1. The second-order valence-corrected chi connectivity index (χ2v) is 7.21. The van der Waals surface area contributed by atoms with Crippen LogP contribution < -0.4 is 10.6 Å². The van der Waals surface area contributed by atoms with Crippen LogP contribution in [0.15, 0.2) is 71.2 Å². The van der Waals surface area contributed by atoms with Crippen LogP contribution in [0.5, 0.6) is 0 Å². The Kier molecular flexibility index (Phi) is 6.70. The molecule has 10 heteroatoms. The Bertz CT molecular complexity index is 1250. The number of nitrogens with two attached hydrogens (primary N) is 1. The number of benzene rings is 2. The summed E-state index contributed by atoms with van der Waals surface area (Å²) < 4.78 is 9.86. The largest absolute Gasteiger partial charge is 0.478 e. The molecular formula is C23H18ClN3O6. The van der Waals surface area contributed by atoms with Crippen LogP contribution >= 0.6 is 11.6 Å². The molecule has 0 aliphatic carbocycles. The monoisotopic (exact) mass is 467 g/mol. The van der Waals surface area contributed by atoms with Gasteiger partial charge in [-0.05, 0) is 23.8 Å². The molecule has 1 unspecified atom stereocenters. The zero-order valence-electron chi connectivity index (χ0n) is 17.5. The van der Waals surface area contributed by atoms with E-state index in [9.17, 15) is 24.8 Å². The van der Waals surface area contributed by atoms with Crippen molar-refractivity contribution in [3.8, 4) is 6.07 Å². The molecule has 1 atom stereocenters. The van der Waals surface area contributed by atoms with Gasteiger partial charge in [0.2, 0.25) is 0 Å². The Morgan fingerprint density at radius 2 is 1.73 bits per heavy atom. The van der Waals surface area contributed by atoms with E-state index in [1.807, 2.05) is 6.07 Å². The second-order valence-electron chi connectivity index (χ2n) is 6.80. The number of hydrogen-bond acceptors (Lipinski definition) is 8. The third-order valence-corrected chi connectivity index (χ3v) is 5.38. The molecule has 1 heterocycles. The molecule has 3 rings (SSSR count). The van der Waals surface area contributed by atoms with E-state index in [2.05, 4.69) is 0 Å². The minimum Gasteiger partial charge on any atom is -0.478 e. The van der Waals surface area contributed by atoms with E-state index < -0.39 is 23.8 Å². The number of nitrogens with zero attached hydrogens (tertiary/aromatic N) is 2. The lowest BCUT2D eigenvalue weighted by Crippen LogP contribution is -2.40. The quantitative estimate of drug-likeness (QED) is 0.634. The Morgan fingerprint density at radius 1 is 1.09 bits per heavy atom. The molecule has 3 N–H and O–H groups in total. The highest BCUT2D eigenvalue weighted by atomic mass is 35.5. The van der Waals surface area contributed by atoms with Crippen molar-refractivity contribution in [3.63, 3.8) is 0 Å². The van der Waals surface area contributed by atoms with Crippen LogP contribution in [0.25, 0.3) is 0 Å². The number of carbonyl (C=O) groups is 3. The van der Waals surface area contributed by atoms with Crippen LogP contribution in [0.4, 0.5) is 5.69 Å². The van der Waals surface area contributed by atoms with Crippen LogP contribution in [-0.4, -0.2) is 37.2 Å². The highest BCUT2D eigenvalue weighted by Gasteiger charge is 2.43. The summed E-state index contributed by atoms with van der Waals surface area (Å²) in [5, 5.41) is 19.4. The van der Waals surface area contributed by atoms with Gasteiger partial charge in [-0.25, -0.2) is 14.4 Å². The number of nitriles is 1. The van der Waals surface area contributed by atoms with Crippen LogP contribution in [0.3, 0.4) is 0 Å². The number of carboxylic acids is 1. The number of rotatable bonds is 5. The first kappa shape index (κ1) is 23.4. The maximum atomic E-state index is 13.0. The molecule has 9 nitrogen and oxygen atoms in total. The van der Waals surface area contributed by atoms with E-state index in [-0.39, 0.29) is 38.9 Å². The topological polar surface area (TPSA) is 143 Å². The molecule has 0 fully saturated rings. The van der Waals surface area contributed by atoms with Gasteiger partial charge in [0, 0.05) is 5.69 Å². The van der Waals surface area contributed by atoms with Crippen molar-refractivity contribution in [1.29, 1.82) is 5.26 Å². The summed E-state index contributed by atoms with van der Waals surface area (Å²) in [7, 11) is 2.25. The van der Waals surface area contributed by atoms with Crippen LogP contribution in [0, 0.1) is 11.3 Å². The molecule has 1 aliphatic heterocycles. The molecule has 0 amide bonds. The van der Waals surface area contributed by atoms with Gasteiger partial charge in [-0.1, -0.05) is 41.9 Å². The van der Waals surface area contributed by atoms with Crippen molar-refractivity contribution in [2.45, 2.75) is 5.92 Å².